The van der Waals surface area contributed by atoms with E-state index in [4.69, 9.17) is 18.9 Å². The molecule has 148 valence electrons. The smallest absolute Gasteiger partial charge is 0.244 e. The first-order valence-corrected chi connectivity index (χ1v) is 9.17. The summed E-state index contributed by atoms with van der Waals surface area (Å²) in [6.45, 7) is 3.54. The summed E-state index contributed by atoms with van der Waals surface area (Å²) in [6.07, 6.45) is 3.92. The van der Waals surface area contributed by atoms with Gasteiger partial charge in [-0.3, -0.25) is 4.79 Å². The molecule has 0 aliphatic carbocycles. The van der Waals surface area contributed by atoms with Crippen molar-refractivity contribution in [1.29, 1.82) is 0 Å². The molecule has 0 fully saturated rings. The number of amides is 1. The highest BCUT2D eigenvalue weighted by Gasteiger charge is 2.17. The van der Waals surface area contributed by atoms with Gasteiger partial charge in [0, 0.05) is 12.6 Å². The zero-order chi connectivity index (χ0) is 19.9. The minimum atomic E-state index is -0.166. The van der Waals surface area contributed by atoms with Gasteiger partial charge in [-0.2, -0.15) is 0 Å². The van der Waals surface area contributed by atoms with E-state index in [0.29, 0.717) is 43.4 Å². The Morgan fingerprint density at radius 1 is 1.11 bits per heavy atom. The van der Waals surface area contributed by atoms with Gasteiger partial charge in [0.15, 0.2) is 11.5 Å². The van der Waals surface area contributed by atoms with E-state index in [0.717, 1.165) is 22.4 Å². The number of rotatable bonds is 7. The van der Waals surface area contributed by atoms with Crippen molar-refractivity contribution in [1.82, 2.24) is 5.32 Å². The van der Waals surface area contributed by atoms with E-state index in [1.54, 1.807) is 20.3 Å². The molecule has 1 aliphatic heterocycles. The standard InChI is InChI=1S/C22H25NO5/c1-15-4-6-18(25-2)17(12-15)8-9-23-21(24)7-5-16-13-19(26-3)22-20(14-16)27-10-11-28-22/h4-7,12-14H,8-11H2,1-3H3,(H,23,24)/b7-5+. The molecular weight excluding hydrogens is 358 g/mol. The number of hydrogen-bond donors (Lipinski definition) is 1. The predicted octanol–water partition coefficient (Wildman–Crippen LogP) is 3.16. The van der Waals surface area contributed by atoms with E-state index in [-0.39, 0.29) is 5.91 Å². The van der Waals surface area contributed by atoms with Crippen LogP contribution in [0.1, 0.15) is 16.7 Å². The summed E-state index contributed by atoms with van der Waals surface area (Å²) in [5, 5.41) is 2.89. The Labute approximate surface area is 165 Å². The summed E-state index contributed by atoms with van der Waals surface area (Å²) in [4.78, 5) is 12.2. The average molecular weight is 383 g/mol. The second kappa shape index (κ2) is 9.17. The molecule has 0 unspecified atom stereocenters. The van der Waals surface area contributed by atoms with Crippen molar-refractivity contribution in [3.05, 3.63) is 53.1 Å². The Bertz CT molecular complexity index is 858. The molecule has 1 N–H and O–H groups in total. The molecule has 28 heavy (non-hydrogen) atoms. The molecule has 0 atom stereocenters. The number of nitrogens with one attached hydrogen (secondary N) is 1. The molecule has 1 aliphatic rings. The topological polar surface area (TPSA) is 66.0 Å². The number of fused-ring (bicyclic) bond motifs is 1. The fourth-order valence-electron chi connectivity index (χ4n) is 3.04. The number of carbonyl (C=O) groups excluding carboxylic acids is 1. The Morgan fingerprint density at radius 3 is 2.68 bits per heavy atom. The summed E-state index contributed by atoms with van der Waals surface area (Å²) in [7, 11) is 3.23. The Morgan fingerprint density at radius 2 is 1.89 bits per heavy atom. The minimum Gasteiger partial charge on any atom is -0.496 e. The lowest BCUT2D eigenvalue weighted by molar-refractivity contribution is -0.116. The van der Waals surface area contributed by atoms with Crippen LogP contribution < -0.4 is 24.3 Å². The summed E-state index contributed by atoms with van der Waals surface area (Å²) in [5.74, 6) is 2.47. The predicted molar refractivity (Wildman–Crippen MR) is 107 cm³/mol. The van der Waals surface area contributed by atoms with Crippen molar-refractivity contribution in [2.45, 2.75) is 13.3 Å². The lowest BCUT2D eigenvalue weighted by Gasteiger charge is -2.20. The quantitative estimate of drug-likeness (QED) is 0.744. The van der Waals surface area contributed by atoms with Gasteiger partial charge in [-0.05, 0) is 48.7 Å². The number of methoxy groups -OCH3 is 2. The van der Waals surface area contributed by atoms with Crippen molar-refractivity contribution in [2.75, 3.05) is 34.0 Å². The third-order valence-corrected chi connectivity index (χ3v) is 4.41. The molecule has 2 aromatic rings. The molecule has 0 bridgehead atoms. The first-order chi connectivity index (χ1) is 13.6. The molecule has 2 aromatic carbocycles. The zero-order valence-corrected chi connectivity index (χ0v) is 16.4. The van der Waals surface area contributed by atoms with Crippen LogP contribution in [0.2, 0.25) is 0 Å². The Hall–Kier alpha value is -3.15. The second-order valence-corrected chi connectivity index (χ2v) is 6.44. The summed E-state index contributed by atoms with van der Waals surface area (Å²) >= 11 is 0. The van der Waals surface area contributed by atoms with Gasteiger partial charge in [0.1, 0.15) is 19.0 Å². The highest BCUT2D eigenvalue weighted by molar-refractivity contribution is 5.91. The molecule has 6 heteroatoms. The maximum absolute atomic E-state index is 12.2. The average Bonchev–Trinajstić information content (AvgIpc) is 2.71. The van der Waals surface area contributed by atoms with Gasteiger partial charge >= 0.3 is 0 Å². The molecule has 3 rings (SSSR count). The fraction of sp³-hybridized carbons (Fsp3) is 0.318. The van der Waals surface area contributed by atoms with Crippen LogP contribution in [0.25, 0.3) is 6.08 Å². The van der Waals surface area contributed by atoms with Gasteiger partial charge in [0.2, 0.25) is 11.7 Å². The number of carbonyl (C=O) groups is 1. The second-order valence-electron chi connectivity index (χ2n) is 6.44. The third kappa shape index (κ3) is 4.76. The summed E-state index contributed by atoms with van der Waals surface area (Å²) < 4.78 is 21.9. The van der Waals surface area contributed by atoms with Crippen LogP contribution in [0.5, 0.6) is 23.0 Å². The zero-order valence-electron chi connectivity index (χ0n) is 16.4. The van der Waals surface area contributed by atoms with Crippen LogP contribution in [0.15, 0.2) is 36.4 Å². The molecule has 0 spiro atoms. The minimum absolute atomic E-state index is 0.166. The van der Waals surface area contributed by atoms with E-state index in [1.165, 1.54) is 6.08 Å². The normalized spacial score (nSPS) is 12.7. The Kier molecular flexibility index (Phi) is 6.42. The van der Waals surface area contributed by atoms with Crippen LogP contribution in [-0.4, -0.2) is 39.9 Å². The third-order valence-electron chi connectivity index (χ3n) is 4.41. The van der Waals surface area contributed by atoms with Crippen molar-refractivity contribution >= 4 is 12.0 Å². The SMILES string of the molecule is COc1ccc(C)cc1CCNC(=O)/C=C/c1cc(OC)c2c(c1)OCCO2. The number of aryl methyl sites for hydroxylation is 1. The molecule has 0 radical (unpaired) electrons. The van der Waals surface area contributed by atoms with Gasteiger partial charge < -0.3 is 24.3 Å². The molecule has 1 amide bonds. The van der Waals surface area contributed by atoms with Crippen LogP contribution >= 0.6 is 0 Å². The largest absolute Gasteiger partial charge is 0.496 e. The van der Waals surface area contributed by atoms with E-state index < -0.39 is 0 Å². The van der Waals surface area contributed by atoms with Gasteiger partial charge in [-0.25, -0.2) is 0 Å². The van der Waals surface area contributed by atoms with Crippen LogP contribution in [-0.2, 0) is 11.2 Å². The molecule has 6 nitrogen and oxygen atoms in total. The number of hydrogen-bond acceptors (Lipinski definition) is 5. The summed E-state index contributed by atoms with van der Waals surface area (Å²) in [5.41, 5.74) is 3.04. The van der Waals surface area contributed by atoms with E-state index in [1.807, 2.05) is 31.2 Å². The first kappa shape index (κ1) is 19.6. The number of ether oxygens (including phenoxy) is 4. The van der Waals surface area contributed by atoms with Gasteiger partial charge in [0.25, 0.3) is 0 Å². The maximum atomic E-state index is 12.2. The molecule has 0 saturated carbocycles. The molecule has 0 aromatic heterocycles. The highest BCUT2D eigenvalue weighted by Crippen LogP contribution is 2.40. The Balaban J connectivity index is 1.59. The van der Waals surface area contributed by atoms with Crippen LogP contribution in [0.4, 0.5) is 0 Å². The van der Waals surface area contributed by atoms with Crippen molar-refractivity contribution in [3.63, 3.8) is 0 Å². The lowest BCUT2D eigenvalue weighted by atomic mass is 10.1. The monoisotopic (exact) mass is 383 g/mol. The van der Waals surface area contributed by atoms with E-state index >= 15 is 0 Å². The van der Waals surface area contributed by atoms with E-state index in [9.17, 15) is 4.79 Å². The molecular formula is C22H25NO5. The maximum Gasteiger partial charge on any atom is 0.244 e. The van der Waals surface area contributed by atoms with Gasteiger partial charge in [-0.15, -0.1) is 0 Å². The molecule has 1 heterocycles. The fourth-order valence-corrected chi connectivity index (χ4v) is 3.04. The van der Waals surface area contributed by atoms with Gasteiger partial charge in [-0.1, -0.05) is 17.7 Å². The number of benzene rings is 2. The summed E-state index contributed by atoms with van der Waals surface area (Å²) in [6, 6.07) is 9.67. The van der Waals surface area contributed by atoms with Crippen LogP contribution in [0.3, 0.4) is 0 Å². The lowest BCUT2D eigenvalue weighted by Crippen LogP contribution is -2.23. The molecule has 0 saturated heterocycles. The highest BCUT2D eigenvalue weighted by atomic mass is 16.6. The van der Waals surface area contributed by atoms with Gasteiger partial charge in [0.05, 0.1) is 14.2 Å². The van der Waals surface area contributed by atoms with Crippen molar-refractivity contribution in [3.8, 4) is 23.0 Å². The van der Waals surface area contributed by atoms with Crippen LogP contribution in [0, 0.1) is 6.92 Å². The first-order valence-electron chi connectivity index (χ1n) is 9.17. The van der Waals surface area contributed by atoms with Crippen molar-refractivity contribution in [2.24, 2.45) is 0 Å². The van der Waals surface area contributed by atoms with E-state index in [2.05, 4.69) is 11.4 Å². The van der Waals surface area contributed by atoms with Crippen molar-refractivity contribution < 1.29 is 23.7 Å².